The van der Waals surface area contributed by atoms with Gasteiger partial charge < -0.3 is 10.1 Å². The van der Waals surface area contributed by atoms with E-state index in [9.17, 15) is 9.18 Å². The summed E-state index contributed by atoms with van der Waals surface area (Å²) in [7, 11) is 1.65. The first-order valence-electron chi connectivity index (χ1n) is 11.9. The lowest BCUT2D eigenvalue weighted by molar-refractivity contribution is -0.127. The Morgan fingerprint density at radius 3 is 2.59 bits per heavy atom. The van der Waals surface area contributed by atoms with Crippen molar-refractivity contribution in [2.45, 2.75) is 32.2 Å². The van der Waals surface area contributed by atoms with Crippen LogP contribution in [-0.2, 0) is 17.8 Å². The third-order valence-corrected chi connectivity index (χ3v) is 6.63. The van der Waals surface area contributed by atoms with E-state index in [1.807, 2.05) is 36.4 Å². The van der Waals surface area contributed by atoms with E-state index in [1.165, 1.54) is 17.2 Å². The fraction of sp³-hybridized carbons (Fsp3) is 0.345. The first kappa shape index (κ1) is 24.0. The van der Waals surface area contributed by atoms with Crippen molar-refractivity contribution in [1.82, 2.24) is 10.2 Å². The van der Waals surface area contributed by atoms with Crippen LogP contribution in [0.3, 0.4) is 0 Å². The number of carbonyl (C=O) groups excluding carboxylic acids is 1. The van der Waals surface area contributed by atoms with Gasteiger partial charge in [-0.05, 0) is 55.0 Å². The highest BCUT2D eigenvalue weighted by molar-refractivity contribution is 5.79. The number of piperidine rings is 1. The molecule has 0 aliphatic carbocycles. The van der Waals surface area contributed by atoms with Gasteiger partial charge in [-0.2, -0.15) is 0 Å². The number of nitrogens with zero attached hydrogens (tertiary/aromatic N) is 1. The van der Waals surface area contributed by atoms with Crippen molar-refractivity contribution in [2.24, 2.45) is 5.92 Å². The normalized spacial score (nSPS) is 18.4. The lowest BCUT2D eigenvalue weighted by Gasteiger charge is -2.37. The van der Waals surface area contributed by atoms with Gasteiger partial charge >= 0.3 is 0 Å². The summed E-state index contributed by atoms with van der Waals surface area (Å²) in [5, 5.41) is 3.14. The fourth-order valence-corrected chi connectivity index (χ4v) is 4.81. The summed E-state index contributed by atoms with van der Waals surface area (Å²) in [6, 6.07) is 23.3. The summed E-state index contributed by atoms with van der Waals surface area (Å²) >= 11 is 0. The van der Waals surface area contributed by atoms with Gasteiger partial charge in [0.1, 0.15) is 11.6 Å². The zero-order chi connectivity index (χ0) is 23.9. The largest absolute Gasteiger partial charge is 0.497 e. The SMILES string of the molecule is COc1ccc(CCNC(=O)C2CC(c3cccc(C)c3)CN(Cc3ccccc3F)C2)cc1. The number of hydrogen-bond acceptors (Lipinski definition) is 3. The topological polar surface area (TPSA) is 41.6 Å². The molecule has 3 aromatic rings. The van der Waals surface area contributed by atoms with E-state index < -0.39 is 0 Å². The highest BCUT2D eigenvalue weighted by Gasteiger charge is 2.32. The fourth-order valence-electron chi connectivity index (χ4n) is 4.81. The van der Waals surface area contributed by atoms with E-state index in [0.717, 1.165) is 30.7 Å². The molecule has 0 radical (unpaired) electrons. The van der Waals surface area contributed by atoms with Crippen LogP contribution in [0.5, 0.6) is 5.75 Å². The zero-order valence-electron chi connectivity index (χ0n) is 20.0. The van der Waals surface area contributed by atoms with Crippen molar-refractivity contribution in [2.75, 3.05) is 26.7 Å². The van der Waals surface area contributed by atoms with Crippen LogP contribution in [0.2, 0.25) is 0 Å². The molecule has 2 unspecified atom stereocenters. The Morgan fingerprint density at radius 1 is 1.06 bits per heavy atom. The van der Waals surface area contributed by atoms with Crippen LogP contribution in [0.25, 0.3) is 0 Å². The number of nitrogens with one attached hydrogen (secondary N) is 1. The van der Waals surface area contributed by atoms with Gasteiger partial charge in [-0.1, -0.05) is 60.2 Å². The standard InChI is InChI=1S/C29H33FN2O2/c1-21-6-5-8-23(16-21)25-17-26(20-32(19-25)18-24-7-3-4-9-28(24)30)29(33)31-15-14-22-10-12-27(34-2)13-11-22/h3-13,16,25-26H,14-15,17-20H2,1-2H3,(H,31,33). The van der Waals surface area contributed by atoms with Crippen LogP contribution >= 0.6 is 0 Å². The van der Waals surface area contributed by atoms with E-state index in [4.69, 9.17) is 4.74 Å². The maximum Gasteiger partial charge on any atom is 0.224 e. The molecule has 1 N–H and O–H groups in total. The van der Waals surface area contributed by atoms with E-state index >= 15 is 0 Å². The molecule has 1 saturated heterocycles. The zero-order valence-corrected chi connectivity index (χ0v) is 20.0. The van der Waals surface area contributed by atoms with Gasteiger partial charge in [0.2, 0.25) is 5.91 Å². The molecule has 3 aromatic carbocycles. The minimum absolute atomic E-state index is 0.0735. The van der Waals surface area contributed by atoms with Gasteiger partial charge in [0.05, 0.1) is 13.0 Å². The molecular weight excluding hydrogens is 427 g/mol. The van der Waals surface area contributed by atoms with Crippen molar-refractivity contribution in [3.8, 4) is 5.75 Å². The van der Waals surface area contributed by atoms with E-state index in [2.05, 4.69) is 41.4 Å². The Morgan fingerprint density at radius 2 is 1.85 bits per heavy atom. The number of benzene rings is 3. The minimum atomic E-state index is -0.194. The van der Waals surface area contributed by atoms with Crippen molar-refractivity contribution in [1.29, 1.82) is 0 Å². The molecule has 0 bridgehead atoms. The molecule has 4 rings (SSSR count). The molecule has 0 spiro atoms. The lowest BCUT2D eigenvalue weighted by Crippen LogP contribution is -2.45. The molecule has 0 saturated carbocycles. The minimum Gasteiger partial charge on any atom is -0.497 e. The van der Waals surface area contributed by atoms with Gasteiger partial charge in [0.15, 0.2) is 0 Å². The van der Waals surface area contributed by atoms with Crippen molar-refractivity contribution in [3.05, 3.63) is 101 Å². The second kappa shape index (κ2) is 11.3. The molecule has 2 atom stereocenters. The molecule has 4 nitrogen and oxygen atoms in total. The number of halogens is 1. The van der Waals surface area contributed by atoms with Gasteiger partial charge in [0.25, 0.3) is 0 Å². The molecule has 1 fully saturated rings. The third kappa shape index (κ3) is 6.23. The number of carbonyl (C=O) groups is 1. The predicted octanol–water partition coefficient (Wildman–Crippen LogP) is 5.11. The van der Waals surface area contributed by atoms with Crippen molar-refractivity contribution < 1.29 is 13.9 Å². The predicted molar refractivity (Wildman–Crippen MR) is 133 cm³/mol. The summed E-state index contributed by atoms with van der Waals surface area (Å²) in [5.74, 6) is 0.803. The highest BCUT2D eigenvalue weighted by atomic mass is 19.1. The molecule has 1 amide bonds. The number of hydrogen-bond donors (Lipinski definition) is 1. The van der Waals surface area contributed by atoms with Crippen LogP contribution in [0, 0.1) is 18.7 Å². The first-order valence-corrected chi connectivity index (χ1v) is 11.9. The Labute approximate surface area is 201 Å². The lowest BCUT2D eigenvalue weighted by atomic mass is 9.83. The van der Waals surface area contributed by atoms with Crippen LogP contribution in [0.1, 0.15) is 34.6 Å². The third-order valence-electron chi connectivity index (χ3n) is 6.63. The number of aryl methyl sites for hydroxylation is 1. The Bertz CT molecular complexity index is 1100. The molecule has 1 heterocycles. The van der Waals surface area contributed by atoms with Gasteiger partial charge in [-0.15, -0.1) is 0 Å². The maximum atomic E-state index is 14.3. The summed E-state index contributed by atoms with van der Waals surface area (Å²) in [5.41, 5.74) is 4.29. The van der Waals surface area contributed by atoms with Crippen molar-refractivity contribution >= 4 is 5.91 Å². The number of likely N-dealkylation sites (tertiary alicyclic amines) is 1. The Kier molecular flexibility index (Phi) is 7.96. The number of methoxy groups -OCH3 is 1. The Balaban J connectivity index is 1.43. The monoisotopic (exact) mass is 460 g/mol. The van der Waals surface area contributed by atoms with Gasteiger partial charge in [0, 0.05) is 31.7 Å². The average molecular weight is 461 g/mol. The smallest absolute Gasteiger partial charge is 0.224 e. The number of rotatable bonds is 8. The molecular formula is C29H33FN2O2. The highest BCUT2D eigenvalue weighted by Crippen LogP contribution is 2.32. The van der Waals surface area contributed by atoms with Crippen LogP contribution < -0.4 is 10.1 Å². The van der Waals surface area contributed by atoms with Gasteiger partial charge in [-0.25, -0.2) is 4.39 Å². The summed E-state index contributed by atoms with van der Waals surface area (Å²) in [6.45, 7) is 4.62. The maximum absolute atomic E-state index is 14.3. The summed E-state index contributed by atoms with van der Waals surface area (Å²) < 4.78 is 19.5. The molecule has 0 aromatic heterocycles. The second-order valence-electron chi connectivity index (χ2n) is 9.22. The number of ether oxygens (including phenoxy) is 1. The molecule has 178 valence electrons. The van der Waals surface area contributed by atoms with Crippen LogP contribution in [0.15, 0.2) is 72.8 Å². The van der Waals surface area contributed by atoms with Gasteiger partial charge in [-0.3, -0.25) is 9.69 Å². The average Bonchev–Trinajstić information content (AvgIpc) is 2.85. The van der Waals surface area contributed by atoms with Crippen molar-refractivity contribution in [3.63, 3.8) is 0 Å². The Hall–Kier alpha value is -3.18. The van der Waals surface area contributed by atoms with E-state index in [0.29, 0.717) is 25.2 Å². The molecule has 34 heavy (non-hydrogen) atoms. The van der Waals surface area contributed by atoms with Crippen LogP contribution in [-0.4, -0.2) is 37.6 Å². The molecule has 5 heteroatoms. The number of amides is 1. The van der Waals surface area contributed by atoms with E-state index in [-0.39, 0.29) is 23.6 Å². The van der Waals surface area contributed by atoms with E-state index in [1.54, 1.807) is 13.2 Å². The molecule has 1 aliphatic rings. The summed E-state index contributed by atoms with van der Waals surface area (Å²) in [4.78, 5) is 15.4. The first-order chi connectivity index (χ1) is 16.5. The quantitative estimate of drug-likeness (QED) is 0.508. The molecule has 1 aliphatic heterocycles. The second-order valence-corrected chi connectivity index (χ2v) is 9.22. The van der Waals surface area contributed by atoms with Crippen LogP contribution in [0.4, 0.5) is 4.39 Å². The summed E-state index contributed by atoms with van der Waals surface area (Å²) in [6.07, 6.45) is 1.56.